The zero-order valence-corrected chi connectivity index (χ0v) is 12.6. The number of aliphatic carboxylic acids is 1. The number of carboxylic acids is 1. The minimum Gasteiger partial charge on any atom is -0.480 e. The molecule has 1 unspecified atom stereocenters. The molecule has 0 fully saturated rings. The topological polar surface area (TPSA) is 183 Å². The Morgan fingerprint density at radius 1 is 1.41 bits per heavy atom. The van der Waals surface area contributed by atoms with Crippen molar-refractivity contribution in [1.29, 1.82) is 0 Å². The van der Waals surface area contributed by atoms with Crippen LogP contribution < -0.4 is 16.8 Å². The van der Waals surface area contributed by atoms with E-state index in [2.05, 4.69) is 10.4 Å². The van der Waals surface area contributed by atoms with E-state index in [0.717, 1.165) is 0 Å². The minimum absolute atomic E-state index is 0.0179. The number of carbonyl (C=O) groups excluding carboxylic acids is 1. The summed E-state index contributed by atoms with van der Waals surface area (Å²) in [5.41, 5.74) is 10.1. The Morgan fingerprint density at radius 2 is 1.95 bits per heavy atom. The Hall–Kier alpha value is -2.43. The molecule has 6 N–H and O–H groups in total. The van der Waals surface area contributed by atoms with Gasteiger partial charge in [0.15, 0.2) is 10.9 Å². The summed E-state index contributed by atoms with van der Waals surface area (Å²) in [5.74, 6) is -1.71. The first-order valence-corrected chi connectivity index (χ1v) is 6.38. The Morgan fingerprint density at radius 3 is 2.36 bits per heavy atom. The third-order valence-electron chi connectivity index (χ3n) is 2.33. The van der Waals surface area contributed by atoms with Crippen LogP contribution in [0, 0.1) is 10.1 Å². The lowest BCUT2D eigenvalue weighted by molar-refractivity contribution is -0.485. The van der Waals surface area contributed by atoms with Crippen LogP contribution in [-0.2, 0) is 9.53 Å². The van der Waals surface area contributed by atoms with Gasteiger partial charge in [0.05, 0.1) is 11.1 Å². The fraction of sp³-hybridized carbons (Fsp3) is 0.727. The third kappa shape index (κ3) is 8.68. The molecule has 1 amide bonds. The van der Waals surface area contributed by atoms with E-state index in [1.165, 1.54) is 0 Å². The lowest BCUT2D eigenvalue weighted by Gasteiger charge is -2.22. The Balaban J connectivity index is 4.58. The molecule has 0 saturated heterocycles. The number of nitrogens with two attached hydrogens (primary N) is 2. The highest BCUT2D eigenvalue weighted by Gasteiger charge is 2.25. The van der Waals surface area contributed by atoms with Crippen LogP contribution in [0.4, 0.5) is 4.79 Å². The molecule has 0 spiro atoms. The van der Waals surface area contributed by atoms with Crippen LogP contribution in [0.2, 0.25) is 0 Å². The van der Waals surface area contributed by atoms with Crippen molar-refractivity contribution in [2.45, 2.75) is 51.3 Å². The quantitative estimate of drug-likeness (QED) is 0.212. The maximum absolute atomic E-state index is 11.5. The van der Waals surface area contributed by atoms with E-state index < -0.39 is 40.6 Å². The highest BCUT2D eigenvalue weighted by molar-refractivity contribution is 5.85. The first-order chi connectivity index (χ1) is 9.92. The van der Waals surface area contributed by atoms with E-state index in [9.17, 15) is 19.7 Å². The molecule has 126 valence electrons. The Labute approximate surface area is 126 Å². The molecular formula is C11H21N5O6. The Bertz CT molecular complexity index is 458. The summed E-state index contributed by atoms with van der Waals surface area (Å²) in [7, 11) is 0. The maximum Gasteiger partial charge on any atom is 0.408 e. The van der Waals surface area contributed by atoms with Gasteiger partial charge in [-0.05, 0) is 33.6 Å². The van der Waals surface area contributed by atoms with Gasteiger partial charge >= 0.3 is 12.1 Å². The second-order valence-electron chi connectivity index (χ2n) is 5.48. The van der Waals surface area contributed by atoms with E-state index in [1.807, 2.05) is 0 Å². The molecule has 2 atom stereocenters. The van der Waals surface area contributed by atoms with Gasteiger partial charge in [-0.2, -0.15) is 0 Å². The van der Waals surface area contributed by atoms with Crippen molar-refractivity contribution < 1.29 is 24.5 Å². The van der Waals surface area contributed by atoms with Crippen LogP contribution in [0.5, 0.6) is 0 Å². The molecule has 0 heterocycles. The van der Waals surface area contributed by atoms with Crippen molar-refractivity contribution in [3.05, 3.63) is 10.1 Å². The molecule has 0 rings (SSSR count). The van der Waals surface area contributed by atoms with E-state index in [1.54, 1.807) is 20.8 Å². The number of hydrazone groups is 1. The summed E-state index contributed by atoms with van der Waals surface area (Å²) in [6.07, 6.45) is -1.00. The lowest BCUT2D eigenvalue weighted by atomic mass is 10.1. The highest BCUT2D eigenvalue weighted by atomic mass is 16.7. The number of ether oxygens (including phenoxy) is 1. The van der Waals surface area contributed by atoms with Gasteiger partial charge < -0.3 is 26.6 Å². The number of nitrogens with zero attached hydrogens (tertiary/aromatic N) is 2. The molecular weight excluding hydrogens is 298 g/mol. The third-order valence-corrected chi connectivity index (χ3v) is 2.33. The monoisotopic (exact) mass is 319 g/mol. The lowest BCUT2D eigenvalue weighted by Crippen LogP contribution is -2.45. The molecule has 0 radical (unpaired) electrons. The first-order valence-electron chi connectivity index (χ1n) is 6.38. The van der Waals surface area contributed by atoms with Crippen LogP contribution in [0.15, 0.2) is 5.10 Å². The van der Waals surface area contributed by atoms with E-state index in [-0.39, 0.29) is 12.8 Å². The fourth-order valence-electron chi connectivity index (χ4n) is 1.37. The van der Waals surface area contributed by atoms with Gasteiger partial charge in [-0.1, -0.05) is 0 Å². The predicted molar refractivity (Wildman–Crippen MR) is 76.6 cm³/mol. The number of amides is 1. The number of carbonyl (C=O) groups is 2. The molecule has 0 bridgehead atoms. The minimum atomic E-state index is -1.29. The van der Waals surface area contributed by atoms with Crippen molar-refractivity contribution in [3.63, 3.8) is 0 Å². The van der Waals surface area contributed by atoms with Gasteiger partial charge in [0, 0.05) is 0 Å². The maximum atomic E-state index is 11.5. The number of nitrogens with one attached hydrogen (secondary N) is 1. The second-order valence-corrected chi connectivity index (χ2v) is 5.48. The molecule has 0 aliphatic carbocycles. The number of nitro groups is 1. The number of rotatable bonds is 7. The SMILES string of the molecule is CC(C)(C)OC(=O)N[C@H](CCC(N)C(N)=N[N+](=O)[O-])C(=O)O. The predicted octanol–water partition coefficient (Wildman–Crippen LogP) is -0.379. The molecule has 0 aliphatic rings. The standard InChI is InChI=1S/C11H21N5O6/c1-11(2,3)22-10(19)14-7(9(17)18)5-4-6(12)8(13)15-16(20)21/h6-7H,4-5,12H2,1-3H3,(H2,13,15)(H,14,19)(H,17,18)/t6?,7-/m1/s1. The van der Waals surface area contributed by atoms with E-state index in [0.29, 0.717) is 0 Å². The first kappa shape index (κ1) is 19.6. The molecule has 0 aromatic carbocycles. The van der Waals surface area contributed by atoms with Crippen LogP contribution in [0.1, 0.15) is 33.6 Å². The van der Waals surface area contributed by atoms with Crippen LogP contribution in [-0.4, -0.2) is 45.7 Å². The average Bonchev–Trinajstić information content (AvgIpc) is 2.30. The van der Waals surface area contributed by atoms with Gasteiger partial charge in [-0.3, -0.25) is 0 Å². The van der Waals surface area contributed by atoms with Gasteiger partial charge in [-0.25, -0.2) is 19.7 Å². The van der Waals surface area contributed by atoms with Crippen molar-refractivity contribution in [2.75, 3.05) is 0 Å². The van der Waals surface area contributed by atoms with Gasteiger partial charge in [0.25, 0.3) is 0 Å². The highest BCUT2D eigenvalue weighted by Crippen LogP contribution is 2.08. The fourth-order valence-corrected chi connectivity index (χ4v) is 1.37. The number of alkyl carbamates (subject to hydrolysis) is 1. The molecule has 11 heteroatoms. The van der Waals surface area contributed by atoms with E-state index in [4.69, 9.17) is 21.3 Å². The zero-order chi connectivity index (χ0) is 17.5. The van der Waals surface area contributed by atoms with Crippen molar-refractivity contribution in [2.24, 2.45) is 16.6 Å². The summed E-state index contributed by atoms with van der Waals surface area (Å²) < 4.78 is 4.94. The van der Waals surface area contributed by atoms with Crippen molar-refractivity contribution in [1.82, 2.24) is 5.32 Å². The summed E-state index contributed by atoms with van der Waals surface area (Å²) in [6, 6.07) is -2.25. The largest absolute Gasteiger partial charge is 0.480 e. The van der Waals surface area contributed by atoms with Crippen LogP contribution in [0.25, 0.3) is 0 Å². The van der Waals surface area contributed by atoms with Crippen LogP contribution >= 0.6 is 0 Å². The summed E-state index contributed by atoms with van der Waals surface area (Å²) >= 11 is 0. The smallest absolute Gasteiger partial charge is 0.408 e. The number of hydrogen-bond donors (Lipinski definition) is 4. The average molecular weight is 319 g/mol. The van der Waals surface area contributed by atoms with Gasteiger partial charge in [0.1, 0.15) is 11.6 Å². The normalized spacial score (nSPS) is 14.8. The molecule has 11 nitrogen and oxygen atoms in total. The molecule has 0 aliphatic heterocycles. The van der Waals surface area contributed by atoms with Crippen molar-refractivity contribution >= 4 is 17.9 Å². The van der Waals surface area contributed by atoms with Crippen molar-refractivity contribution in [3.8, 4) is 0 Å². The molecule has 22 heavy (non-hydrogen) atoms. The number of carboxylic acid groups (broad SMARTS) is 1. The summed E-state index contributed by atoms with van der Waals surface area (Å²) in [5, 5.41) is 23.2. The summed E-state index contributed by atoms with van der Waals surface area (Å²) in [4.78, 5) is 32.8. The van der Waals surface area contributed by atoms with Crippen LogP contribution in [0.3, 0.4) is 0 Å². The molecule has 0 aromatic heterocycles. The van der Waals surface area contributed by atoms with Gasteiger partial charge in [-0.15, -0.1) is 0 Å². The molecule has 0 aromatic rings. The van der Waals surface area contributed by atoms with Gasteiger partial charge in [0.2, 0.25) is 0 Å². The second kappa shape index (κ2) is 8.12. The summed E-state index contributed by atoms with van der Waals surface area (Å²) in [6.45, 7) is 4.90. The van der Waals surface area contributed by atoms with E-state index >= 15 is 0 Å². The number of hydrogen-bond acceptors (Lipinski definition) is 6. The Kier molecular flexibility index (Phi) is 7.22. The molecule has 0 saturated carbocycles. The zero-order valence-electron chi connectivity index (χ0n) is 12.6. The number of amidine groups is 1.